The molecule has 90 valence electrons. The molecule has 0 spiro atoms. The molecule has 1 aromatic rings. The normalized spacial score (nSPS) is 10.8. The second-order valence-corrected chi connectivity index (χ2v) is 4.43. The molecule has 0 atom stereocenters. The zero-order valence-electron chi connectivity index (χ0n) is 10.4. The topological polar surface area (TPSA) is 38.5 Å². The van der Waals surface area contributed by atoms with Crippen molar-refractivity contribution in [3.63, 3.8) is 0 Å². The van der Waals surface area contributed by atoms with E-state index in [-0.39, 0.29) is 0 Å². The minimum atomic E-state index is 0.623. The van der Waals surface area contributed by atoms with Gasteiger partial charge in [0.05, 0.1) is 6.61 Å². The van der Waals surface area contributed by atoms with E-state index >= 15 is 0 Å². The van der Waals surface area contributed by atoms with Crippen molar-refractivity contribution in [3.8, 4) is 0 Å². The Hall–Kier alpha value is -1.22. The van der Waals surface area contributed by atoms with E-state index in [9.17, 15) is 0 Å². The van der Waals surface area contributed by atoms with Crippen LogP contribution in [0.4, 0.5) is 11.4 Å². The van der Waals surface area contributed by atoms with Crippen LogP contribution in [0.25, 0.3) is 0 Å². The van der Waals surface area contributed by atoms with E-state index in [1.807, 2.05) is 18.2 Å². The van der Waals surface area contributed by atoms with E-state index < -0.39 is 0 Å². The summed E-state index contributed by atoms with van der Waals surface area (Å²) in [5, 5.41) is 0. The number of hydrogen-bond acceptors (Lipinski definition) is 3. The van der Waals surface area contributed by atoms with Gasteiger partial charge in [0, 0.05) is 31.6 Å². The molecule has 3 nitrogen and oxygen atoms in total. The molecule has 0 aliphatic rings. The van der Waals surface area contributed by atoms with Gasteiger partial charge in [-0.2, -0.15) is 0 Å². The van der Waals surface area contributed by atoms with Gasteiger partial charge in [-0.3, -0.25) is 0 Å². The van der Waals surface area contributed by atoms with Gasteiger partial charge in [0.2, 0.25) is 0 Å². The minimum Gasteiger partial charge on any atom is -0.399 e. The SMILES string of the molecule is COCCN(CC(C)C)c1cccc(N)c1. The summed E-state index contributed by atoms with van der Waals surface area (Å²) in [6.07, 6.45) is 0. The molecule has 0 bridgehead atoms. The molecule has 1 aromatic carbocycles. The van der Waals surface area contributed by atoms with Crippen molar-refractivity contribution in [1.82, 2.24) is 0 Å². The van der Waals surface area contributed by atoms with Crippen LogP contribution in [0, 0.1) is 5.92 Å². The summed E-state index contributed by atoms with van der Waals surface area (Å²) in [5.41, 5.74) is 7.78. The summed E-state index contributed by atoms with van der Waals surface area (Å²) in [4.78, 5) is 2.31. The van der Waals surface area contributed by atoms with Gasteiger partial charge >= 0.3 is 0 Å². The third-order valence-corrected chi connectivity index (χ3v) is 2.39. The number of anilines is 2. The lowest BCUT2D eigenvalue weighted by Gasteiger charge is -2.26. The number of methoxy groups -OCH3 is 1. The van der Waals surface area contributed by atoms with E-state index in [1.165, 1.54) is 5.69 Å². The standard InChI is InChI=1S/C13H22N2O/c1-11(2)10-15(7-8-16-3)13-6-4-5-12(14)9-13/h4-6,9,11H,7-8,10,14H2,1-3H3. The number of rotatable bonds is 6. The van der Waals surface area contributed by atoms with Crippen molar-refractivity contribution in [2.24, 2.45) is 5.92 Å². The molecule has 0 radical (unpaired) electrons. The molecule has 0 fully saturated rings. The third kappa shape index (κ3) is 4.11. The summed E-state index contributed by atoms with van der Waals surface area (Å²) in [6.45, 7) is 7.09. The number of ether oxygens (including phenoxy) is 1. The summed E-state index contributed by atoms with van der Waals surface area (Å²) < 4.78 is 5.13. The Bertz CT molecular complexity index is 313. The predicted molar refractivity (Wildman–Crippen MR) is 69.8 cm³/mol. The maximum atomic E-state index is 5.80. The van der Waals surface area contributed by atoms with Crippen LogP contribution in [-0.2, 0) is 4.74 Å². The van der Waals surface area contributed by atoms with Crippen molar-refractivity contribution >= 4 is 11.4 Å². The van der Waals surface area contributed by atoms with Crippen LogP contribution < -0.4 is 10.6 Å². The van der Waals surface area contributed by atoms with Gasteiger partial charge in [0.1, 0.15) is 0 Å². The Morgan fingerprint density at radius 1 is 1.38 bits per heavy atom. The Morgan fingerprint density at radius 3 is 2.69 bits per heavy atom. The molecule has 1 rings (SSSR count). The average Bonchev–Trinajstić information content (AvgIpc) is 2.23. The molecule has 0 saturated heterocycles. The Morgan fingerprint density at radius 2 is 2.12 bits per heavy atom. The van der Waals surface area contributed by atoms with E-state index in [2.05, 4.69) is 24.8 Å². The van der Waals surface area contributed by atoms with E-state index in [0.29, 0.717) is 5.92 Å². The van der Waals surface area contributed by atoms with Gasteiger partial charge in [-0.15, -0.1) is 0 Å². The summed E-state index contributed by atoms with van der Waals surface area (Å²) in [7, 11) is 1.73. The number of nitrogens with two attached hydrogens (primary N) is 1. The van der Waals surface area contributed by atoms with Crippen LogP contribution in [-0.4, -0.2) is 26.8 Å². The van der Waals surface area contributed by atoms with Crippen molar-refractivity contribution < 1.29 is 4.74 Å². The molecule has 3 heteroatoms. The van der Waals surface area contributed by atoms with Crippen molar-refractivity contribution in [2.75, 3.05) is 37.4 Å². The van der Waals surface area contributed by atoms with Crippen LogP contribution >= 0.6 is 0 Å². The summed E-state index contributed by atoms with van der Waals surface area (Å²) in [5.74, 6) is 0.623. The van der Waals surface area contributed by atoms with Crippen molar-refractivity contribution in [2.45, 2.75) is 13.8 Å². The smallest absolute Gasteiger partial charge is 0.0637 e. The first kappa shape index (κ1) is 12.8. The molecule has 0 aromatic heterocycles. The molecular weight excluding hydrogens is 200 g/mol. The third-order valence-electron chi connectivity index (χ3n) is 2.39. The second-order valence-electron chi connectivity index (χ2n) is 4.43. The van der Waals surface area contributed by atoms with Crippen LogP contribution in [0.5, 0.6) is 0 Å². The lowest BCUT2D eigenvalue weighted by molar-refractivity contribution is 0.204. The Kier molecular flexibility index (Phi) is 5.12. The van der Waals surface area contributed by atoms with Gasteiger partial charge in [0.25, 0.3) is 0 Å². The monoisotopic (exact) mass is 222 g/mol. The summed E-state index contributed by atoms with van der Waals surface area (Å²) >= 11 is 0. The lowest BCUT2D eigenvalue weighted by atomic mass is 10.2. The van der Waals surface area contributed by atoms with Gasteiger partial charge in [-0.25, -0.2) is 0 Å². The van der Waals surface area contributed by atoms with Crippen molar-refractivity contribution in [1.29, 1.82) is 0 Å². The number of nitrogens with zero attached hydrogens (tertiary/aromatic N) is 1. The lowest BCUT2D eigenvalue weighted by Crippen LogP contribution is -2.30. The van der Waals surface area contributed by atoms with E-state index in [1.54, 1.807) is 7.11 Å². The van der Waals surface area contributed by atoms with Crippen LogP contribution in [0.3, 0.4) is 0 Å². The van der Waals surface area contributed by atoms with Gasteiger partial charge < -0.3 is 15.4 Å². The quantitative estimate of drug-likeness (QED) is 0.751. The van der Waals surface area contributed by atoms with E-state index in [4.69, 9.17) is 10.5 Å². The van der Waals surface area contributed by atoms with Gasteiger partial charge in [-0.05, 0) is 24.1 Å². The first-order valence-corrected chi connectivity index (χ1v) is 5.73. The van der Waals surface area contributed by atoms with Gasteiger partial charge in [-0.1, -0.05) is 19.9 Å². The molecule has 16 heavy (non-hydrogen) atoms. The second kappa shape index (κ2) is 6.38. The van der Waals surface area contributed by atoms with Crippen LogP contribution in [0.2, 0.25) is 0 Å². The summed E-state index contributed by atoms with van der Waals surface area (Å²) in [6, 6.07) is 8.00. The zero-order valence-corrected chi connectivity index (χ0v) is 10.4. The molecule has 0 saturated carbocycles. The molecule has 2 N–H and O–H groups in total. The fourth-order valence-electron chi connectivity index (χ4n) is 1.69. The number of nitrogen functional groups attached to an aromatic ring is 1. The predicted octanol–water partition coefficient (Wildman–Crippen LogP) is 2.38. The molecular formula is C13H22N2O. The van der Waals surface area contributed by atoms with E-state index in [0.717, 1.165) is 25.4 Å². The average molecular weight is 222 g/mol. The highest BCUT2D eigenvalue weighted by atomic mass is 16.5. The zero-order chi connectivity index (χ0) is 12.0. The highest BCUT2D eigenvalue weighted by Crippen LogP contribution is 2.18. The maximum Gasteiger partial charge on any atom is 0.0637 e. The minimum absolute atomic E-state index is 0.623. The largest absolute Gasteiger partial charge is 0.399 e. The Labute approximate surface area is 98.2 Å². The maximum absolute atomic E-state index is 5.80. The van der Waals surface area contributed by atoms with Gasteiger partial charge in [0.15, 0.2) is 0 Å². The first-order valence-electron chi connectivity index (χ1n) is 5.73. The van der Waals surface area contributed by atoms with Crippen LogP contribution in [0.1, 0.15) is 13.8 Å². The first-order chi connectivity index (χ1) is 7.63. The fourth-order valence-corrected chi connectivity index (χ4v) is 1.69. The molecule has 0 amide bonds. The number of benzene rings is 1. The molecule has 0 aliphatic heterocycles. The highest BCUT2D eigenvalue weighted by molar-refractivity contribution is 5.55. The highest BCUT2D eigenvalue weighted by Gasteiger charge is 2.08. The van der Waals surface area contributed by atoms with Crippen LogP contribution in [0.15, 0.2) is 24.3 Å². The van der Waals surface area contributed by atoms with Crippen molar-refractivity contribution in [3.05, 3.63) is 24.3 Å². The molecule has 0 heterocycles. The number of hydrogen-bond donors (Lipinski definition) is 1. The fraction of sp³-hybridized carbons (Fsp3) is 0.538. The Balaban J connectivity index is 2.74. The molecule has 0 unspecified atom stereocenters. The molecule has 0 aliphatic carbocycles.